The average molecular weight is 191 g/mol. The summed E-state index contributed by atoms with van der Waals surface area (Å²) in [5, 5.41) is 5.65. The first kappa shape index (κ1) is 11.2. The van der Waals surface area contributed by atoms with Gasteiger partial charge in [0.1, 0.15) is 0 Å². The molecule has 0 aromatic heterocycles. The van der Waals surface area contributed by atoms with Gasteiger partial charge in [0.15, 0.2) is 5.96 Å². The van der Waals surface area contributed by atoms with Gasteiger partial charge in [-0.2, -0.15) is 0 Å². The summed E-state index contributed by atoms with van der Waals surface area (Å²) in [6.07, 6.45) is 0.335. The van der Waals surface area contributed by atoms with Gasteiger partial charge in [0.25, 0.3) is 0 Å². The van der Waals surface area contributed by atoms with Gasteiger partial charge in [0.05, 0.1) is 13.5 Å². The minimum absolute atomic E-state index is 0.235. The van der Waals surface area contributed by atoms with Gasteiger partial charge in [-0.3, -0.25) is 9.79 Å². The average Bonchev–Trinajstić information content (AvgIpc) is 2.12. The van der Waals surface area contributed by atoms with Crippen molar-refractivity contribution < 1.29 is 9.53 Å². The zero-order chi connectivity index (χ0) is 9.40. The van der Waals surface area contributed by atoms with Crippen molar-refractivity contribution >= 4 is 21.3 Å². The fraction of sp³-hybridized carbons (Fsp3) is 0.667. The lowest BCUT2D eigenvalue weighted by molar-refractivity contribution is -0.140. The quantitative estimate of drug-likeness (QED) is 0.273. The van der Waals surface area contributed by atoms with Crippen molar-refractivity contribution in [2.45, 2.75) is 6.42 Å². The van der Waals surface area contributed by atoms with Gasteiger partial charge in [-0.1, -0.05) is 0 Å². The third-order valence-corrected chi connectivity index (χ3v) is 1.48. The molecular formula is C6H14N3O2P. The molecule has 5 nitrogen and oxygen atoms in total. The summed E-state index contributed by atoms with van der Waals surface area (Å²) < 4.78 is 4.45. The number of nitrogens with zero attached hydrogens (tertiary/aromatic N) is 1. The monoisotopic (exact) mass is 191 g/mol. The normalized spacial score (nSPS) is 10.8. The lowest BCUT2D eigenvalue weighted by Gasteiger charge is -2.06. The first-order valence-electron chi connectivity index (χ1n) is 3.48. The Labute approximate surface area is 74.2 Å². The number of aliphatic imine (C=N–C) groups is 1. The Bertz CT molecular complexity index is 172. The molecule has 70 valence electrons. The fourth-order valence-corrected chi connectivity index (χ4v) is 0.811. The van der Waals surface area contributed by atoms with Crippen LogP contribution in [0.15, 0.2) is 4.99 Å². The van der Waals surface area contributed by atoms with E-state index in [1.165, 1.54) is 7.11 Å². The minimum Gasteiger partial charge on any atom is -0.469 e. The number of guanidine groups is 1. The molecule has 0 aromatic carbocycles. The maximum Gasteiger partial charge on any atom is 0.307 e. The van der Waals surface area contributed by atoms with E-state index in [2.05, 4.69) is 29.5 Å². The lowest BCUT2D eigenvalue weighted by Crippen LogP contribution is -2.33. The van der Waals surface area contributed by atoms with E-state index in [-0.39, 0.29) is 5.97 Å². The van der Waals surface area contributed by atoms with Crippen molar-refractivity contribution in [3.05, 3.63) is 0 Å². The Balaban J connectivity index is 3.48. The third-order valence-electron chi connectivity index (χ3n) is 1.21. The smallest absolute Gasteiger partial charge is 0.307 e. The van der Waals surface area contributed by atoms with Crippen LogP contribution < -0.4 is 10.4 Å². The first-order valence-corrected chi connectivity index (χ1v) is 4.06. The molecule has 0 rings (SSSR count). The second-order valence-corrected chi connectivity index (χ2v) is 2.26. The molecule has 0 aliphatic carbocycles. The molecule has 0 heterocycles. The van der Waals surface area contributed by atoms with Crippen LogP contribution in [0.2, 0.25) is 0 Å². The molecule has 0 aliphatic heterocycles. The summed E-state index contributed by atoms with van der Waals surface area (Å²) in [5.74, 6) is 0.394. The number of methoxy groups -OCH3 is 1. The van der Waals surface area contributed by atoms with Gasteiger partial charge in [0, 0.05) is 13.6 Å². The number of ether oxygens (including phenoxy) is 1. The molecule has 0 radical (unpaired) electrons. The van der Waals surface area contributed by atoms with Crippen molar-refractivity contribution in [2.75, 3.05) is 20.7 Å². The van der Waals surface area contributed by atoms with E-state index in [4.69, 9.17) is 0 Å². The molecule has 0 spiro atoms. The number of esters is 1. The Hall–Kier alpha value is -0.830. The Morgan fingerprint density at radius 1 is 1.67 bits per heavy atom. The van der Waals surface area contributed by atoms with Crippen LogP contribution in [0, 0.1) is 0 Å². The third kappa shape index (κ3) is 4.91. The van der Waals surface area contributed by atoms with Crippen LogP contribution in [-0.2, 0) is 9.53 Å². The lowest BCUT2D eigenvalue weighted by atomic mass is 10.4. The van der Waals surface area contributed by atoms with Crippen LogP contribution in [-0.4, -0.2) is 32.6 Å². The highest BCUT2D eigenvalue weighted by Gasteiger charge is 1.99. The predicted molar refractivity (Wildman–Crippen MR) is 50.8 cm³/mol. The van der Waals surface area contributed by atoms with Gasteiger partial charge in [-0.05, 0) is 9.39 Å². The zero-order valence-corrected chi connectivity index (χ0v) is 8.41. The van der Waals surface area contributed by atoms with Crippen LogP contribution in [0.4, 0.5) is 0 Å². The number of carbonyl (C=O) groups is 1. The largest absolute Gasteiger partial charge is 0.469 e. The molecule has 0 saturated carbocycles. The number of carbonyl (C=O) groups excluding carboxylic acids is 1. The van der Waals surface area contributed by atoms with E-state index >= 15 is 0 Å². The SMILES string of the molecule is CN=C(NP)NCCC(=O)OC. The highest BCUT2D eigenvalue weighted by atomic mass is 31.0. The molecule has 1 unspecified atom stereocenters. The van der Waals surface area contributed by atoms with Crippen LogP contribution in [0.3, 0.4) is 0 Å². The second kappa shape index (κ2) is 6.85. The fourth-order valence-electron chi connectivity index (χ4n) is 0.580. The molecule has 2 N–H and O–H groups in total. The highest BCUT2D eigenvalue weighted by Crippen LogP contribution is 1.81. The van der Waals surface area contributed by atoms with E-state index in [1.807, 2.05) is 0 Å². The maximum atomic E-state index is 10.6. The Kier molecular flexibility index (Phi) is 6.38. The summed E-state index contributed by atoms with van der Waals surface area (Å²) in [6.45, 7) is 0.515. The van der Waals surface area contributed by atoms with E-state index < -0.39 is 0 Å². The van der Waals surface area contributed by atoms with Crippen molar-refractivity contribution in [2.24, 2.45) is 4.99 Å². The molecule has 6 heteroatoms. The van der Waals surface area contributed by atoms with Gasteiger partial charge >= 0.3 is 5.97 Å². The molecule has 0 saturated heterocycles. The van der Waals surface area contributed by atoms with Crippen molar-refractivity contribution in [3.8, 4) is 0 Å². The second-order valence-electron chi connectivity index (χ2n) is 1.97. The summed E-state index contributed by atoms with van der Waals surface area (Å²) >= 11 is 0. The number of hydrogen-bond acceptors (Lipinski definition) is 3. The zero-order valence-electron chi connectivity index (χ0n) is 7.26. The van der Waals surface area contributed by atoms with Crippen molar-refractivity contribution in [1.29, 1.82) is 0 Å². The van der Waals surface area contributed by atoms with Crippen LogP contribution in [0.25, 0.3) is 0 Å². The molecule has 0 aliphatic rings. The predicted octanol–water partition coefficient (Wildman–Crippen LogP) is -0.495. The number of nitrogens with one attached hydrogen (secondary N) is 2. The molecular weight excluding hydrogens is 177 g/mol. The van der Waals surface area contributed by atoms with E-state index in [1.54, 1.807) is 7.05 Å². The first-order chi connectivity index (χ1) is 5.74. The van der Waals surface area contributed by atoms with E-state index in [0.717, 1.165) is 0 Å². The van der Waals surface area contributed by atoms with Crippen LogP contribution >= 0.6 is 9.39 Å². The Morgan fingerprint density at radius 3 is 2.75 bits per heavy atom. The molecule has 0 aromatic rings. The van der Waals surface area contributed by atoms with Crippen LogP contribution in [0.1, 0.15) is 6.42 Å². The molecule has 0 amide bonds. The number of rotatable bonds is 3. The number of hydrogen-bond donors (Lipinski definition) is 2. The molecule has 12 heavy (non-hydrogen) atoms. The summed E-state index contributed by atoms with van der Waals surface area (Å²) in [7, 11) is 5.33. The van der Waals surface area contributed by atoms with Crippen molar-refractivity contribution in [3.63, 3.8) is 0 Å². The maximum absolute atomic E-state index is 10.6. The van der Waals surface area contributed by atoms with Crippen molar-refractivity contribution in [1.82, 2.24) is 10.4 Å². The summed E-state index contributed by atoms with van der Waals surface area (Å²) in [5.41, 5.74) is 0. The topological polar surface area (TPSA) is 62.7 Å². The van der Waals surface area contributed by atoms with Crippen LogP contribution in [0.5, 0.6) is 0 Å². The van der Waals surface area contributed by atoms with E-state index in [9.17, 15) is 4.79 Å². The van der Waals surface area contributed by atoms with Gasteiger partial charge < -0.3 is 15.1 Å². The van der Waals surface area contributed by atoms with Gasteiger partial charge in [-0.25, -0.2) is 0 Å². The summed E-state index contributed by atoms with van der Waals surface area (Å²) in [6, 6.07) is 0. The Morgan fingerprint density at radius 2 is 2.33 bits per heavy atom. The van der Waals surface area contributed by atoms with E-state index in [0.29, 0.717) is 18.9 Å². The van der Waals surface area contributed by atoms with Gasteiger partial charge in [-0.15, -0.1) is 0 Å². The van der Waals surface area contributed by atoms with Gasteiger partial charge in [0.2, 0.25) is 0 Å². The highest BCUT2D eigenvalue weighted by molar-refractivity contribution is 7.15. The molecule has 0 fully saturated rings. The minimum atomic E-state index is -0.235. The molecule has 0 bridgehead atoms. The summed E-state index contributed by atoms with van der Waals surface area (Å²) in [4.78, 5) is 14.5. The standard InChI is InChI=1S/C6H14N3O2P/c1-7-6(9-12)8-4-3-5(10)11-2/h3-4,12H2,1-2H3,(H2,7,8,9). The molecule has 1 atom stereocenters.